The maximum atomic E-state index is 5.71. The van der Waals surface area contributed by atoms with Gasteiger partial charge in [0.05, 0.1) is 11.9 Å². The standard InChI is InChI=1S/C9H13ClN4/c1-9(2)3-6(9)13-7-5(11)4-12-8(10)14-7/h4,6H,3,11H2,1-2H3,(H,12,13,14). The van der Waals surface area contributed by atoms with Crippen LogP contribution in [0.25, 0.3) is 0 Å². The van der Waals surface area contributed by atoms with Gasteiger partial charge in [0.15, 0.2) is 5.82 Å². The first-order valence-corrected chi connectivity index (χ1v) is 4.91. The zero-order valence-corrected chi connectivity index (χ0v) is 8.97. The van der Waals surface area contributed by atoms with Crippen molar-refractivity contribution in [3.05, 3.63) is 11.5 Å². The molecule has 1 aliphatic carbocycles. The summed E-state index contributed by atoms with van der Waals surface area (Å²) in [5.41, 5.74) is 6.58. The predicted molar refractivity (Wildman–Crippen MR) is 57.3 cm³/mol. The fourth-order valence-electron chi connectivity index (χ4n) is 1.36. The zero-order chi connectivity index (χ0) is 10.3. The quantitative estimate of drug-likeness (QED) is 0.736. The van der Waals surface area contributed by atoms with E-state index in [1.165, 1.54) is 6.20 Å². The molecule has 0 aliphatic heterocycles. The molecule has 1 unspecified atom stereocenters. The Hall–Kier alpha value is -1.03. The summed E-state index contributed by atoms with van der Waals surface area (Å²) in [7, 11) is 0. The predicted octanol–water partition coefficient (Wildman–Crippen LogP) is 1.92. The molecule has 1 aromatic heterocycles. The van der Waals surface area contributed by atoms with Crippen LogP contribution in [0.3, 0.4) is 0 Å². The van der Waals surface area contributed by atoms with Gasteiger partial charge in [0.1, 0.15) is 0 Å². The minimum absolute atomic E-state index is 0.222. The van der Waals surface area contributed by atoms with Crippen molar-refractivity contribution in [2.75, 3.05) is 11.1 Å². The number of aromatic nitrogens is 2. The van der Waals surface area contributed by atoms with E-state index in [4.69, 9.17) is 17.3 Å². The normalized spacial score (nSPS) is 23.2. The molecule has 0 spiro atoms. The Bertz CT molecular complexity index is 364. The lowest BCUT2D eigenvalue weighted by Gasteiger charge is -2.09. The number of nitrogen functional groups attached to an aromatic ring is 1. The summed E-state index contributed by atoms with van der Waals surface area (Å²) in [6, 6.07) is 0.441. The average molecular weight is 213 g/mol. The smallest absolute Gasteiger partial charge is 0.224 e. The van der Waals surface area contributed by atoms with Crippen LogP contribution < -0.4 is 11.1 Å². The van der Waals surface area contributed by atoms with E-state index in [0.29, 0.717) is 23.0 Å². The molecule has 0 aromatic carbocycles. The summed E-state index contributed by atoms with van der Waals surface area (Å²) in [5.74, 6) is 0.639. The van der Waals surface area contributed by atoms with E-state index in [0.717, 1.165) is 6.42 Å². The van der Waals surface area contributed by atoms with E-state index < -0.39 is 0 Å². The Labute approximate surface area is 87.9 Å². The highest BCUT2D eigenvalue weighted by Crippen LogP contribution is 2.46. The molecule has 1 fully saturated rings. The molecule has 76 valence electrons. The van der Waals surface area contributed by atoms with Gasteiger partial charge in [0, 0.05) is 6.04 Å². The molecule has 2 rings (SSSR count). The lowest BCUT2D eigenvalue weighted by molar-refractivity contribution is 0.630. The van der Waals surface area contributed by atoms with Crippen molar-refractivity contribution in [2.24, 2.45) is 5.41 Å². The van der Waals surface area contributed by atoms with E-state index in [1.807, 2.05) is 0 Å². The number of halogens is 1. The van der Waals surface area contributed by atoms with Crippen molar-refractivity contribution in [3.8, 4) is 0 Å². The van der Waals surface area contributed by atoms with E-state index in [1.54, 1.807) is 0 Å². The Morgan fingerprint density at radius 2 is 2.29 bits per heavy atom. The second-order valence-electron chi connectivity index (χ2n) is 4.33. The summed E-state index contributed by atoms with van der Waals surface area (Å²) in [5, 5.41) is 3.48. The molecule has 3 N–H and O–H groups in total. The molecule has 0 bridgehead atoms. The molecule has 5 heteroatoms. The van der Waals surface area contributed by atoms with Gasteiger partial charge in [-0.3, -0.25) is 0 Å². The third kappa shape index (κ3) is 1.75. The number of anilines is 2. The molecule has 0 amide bonds. The van der Waals surface area contributed by atoms with E-state index in [2.05, 4.69) is 29.1 Å². The van der Waals surface area contributed by atoms with Crippen molar-refractivity contribution < 1.29 is 0 Å². The van der Waals surface area contributed by atoms with Gasteiger partial charge in [-0.15, -0.1) is 0 Å². The van der Waals surface area contributed by atoms with Crippen LogP contribution in [0, 0.1) is 5.41 Å². The van der Waals surface area contributed by atoms with Gasteiger partial charge in [0.2, 0.25) is 5.28 Å². The highest BCUT2D eigenvalue weighted by atomic mass is 35.5. The monoisotopic (exact) mass is 212 g/mol. The number of hydrogen-bond acceptors (Lipinski definition) is 4. The highest BCUT2D eigenvalue weighted by Gasteiger charge is 2.46. The third-order valence-electron chi connectivity index (χ3n) is 2.61. The SMILES string of the molecule is CC1(C)CC1Nc1nc(Cl)ncc1N. The minimum Gasteiger partial charge on any atom is -0.394 e. The summed E-state index contributed by atoms with van der Waals surface area (Å²) in [6.45, 7) is 4.40. The van der Waals surface area contributed by atoms with Crippen LogP contribution in [0.2, 0.25) is 5.28 Å². The molecule has 4 nitrogen and oxygen atoms in total. The van der Waals surface area contributed by atoms with Crippen molar-refractivity contribution >= 4 is 23.1 Å². The van der Waals surface area contributed by atoms with Crippen molar-refractivity contribution in [1.29, 1.82) is 0 Å². The maximum absolute atomic E-state index is 5.71. The van der Waals surface area contributed by atoms with Crippen molar-refractivity contribution in [3.63, 3.8) is 0 Å². The van der Waals surface area contributed by atoms with E-state index in [-0.39, 0.29) is 5.28 Å². The maximum Gasteiger partial charge on any atom is 0.224 e. The van der Waals surface area contributed by atoms with Crippen molar-refractivity contribution in [1.82, 2.24) is 9.97 Å². The Balaban J connectivity index is 2.13. The Kier molecular flexibility index (Phi) is 2.03. The number of nitrogens with two attached hydrogens (primary N) is 1. The molecule has 1 aliphatic rings. The minimum atomic E-state index is 0.222. The average Bonchev–Trinajstić information content (AvgIpc) is 2.67. The first kappa shape index (κ1) is 9.52. The summed E-state index contributed by atoms with van der Waals surface area (Å²) in [6.07, 6.45) is 2.65. The Morgan fingerprint density at radius 3 is 2.86 bits per heavy atom. The van der Waals surface area contributed by atoms with Crippen LogP contribution in [0.5, 0.6) is 0 Å². The molecule has 14 heavy (non-hydrogen) atoms. The van der Waals surface area contributed by atoms with Crippen LogP contribution in [-0.2, 0) is 0 Å². The van der Waals surface area contributed by atoms with Crippen LogP contribution in [-0.4, -0.2) is 16.0 Å². The number of nitrogens with one attached hydrogen (secondary N) is 1. The number of nitrogens with zero attached hydrogens (tertiary/aromatic N) is 2. The third-order valence-corrected chi connectivity index (χ3v) is 2.79. The summed E-state index contributed by atoms with van der Waals surface area (Å²) >= 11 is 5.67. The van der Waals surface area contributed by atoms with Crippen LogP contribution >= 0.6 is 11.6 Å². The highest BCUT2D eigenvalue weighted by molar-refractivity contribution is 6.28. The second kappa shape index (κ2) is 2.98. The molecular weight excluding hydrogens is 200 g/mol. The molecule has 0 radical (unpaired) electrons. The molecular formula is C9H13ClN4. The Morgan fingerprint density at radius 1 is 1.64 bits per heavy atom. The fraction of sp³-hybridized carbons (Fsp3) is 0.556. The lowest BCUT2D eigenvalue weighted by atomic mass is 10.2. The van der Waals surface area contributed by atoms with Gasteiger partial charge < -0.3 is 11.1 Å². The topological polar surface area (TPSA) is 63.8 Å². The molecule has 1 atom stereocenters. The van der Waals surface area contributed by atoms with E-state index in [9.17, 15) is 0 Å². The molecule has 1 saturated carbocycles. The van der Waals surface area contributed by atoms with Gasteiger partial charge in [-0.05, 0) is 23.4 Å². The van der Waals surface area contributed by atoms with Gasteiger partial charge in [-0.25, -0.2) is 4.98 Å². The van der Waals surface area contributed by atoms with Gasteiger partial charge in [-0.2, -0.15) is 4.98 Å². The van der Waals surface area contributed by atoms with Gasteiger partial charge in [-0.1, -0.05) is 13.8 Å². The first-order valence-electron chi connectivity index (χ1n) is 4.53. The summed E-state index contributed by atoms with van der Waals surface area (Å²) < 4.78 is 0. The van der Waals surface area contributed by atoms with Crippen LogP contribution in [0.1, 0.15) is 20.3 Å². The molecule has 0 saturated heterocycles. The van der Waals surface area contributed by atoms with E-state index >= 15 is 0 Å². The lowest BCUT2D eigenvalue weighted by Crippen LogP contribution is -2.11. The number of hydrogen-bond donors (Lipinski definition) is 2. The fourth-order valence-corrected chi connectivity index (χ4v) is 1.50. The largest absolute Gasteiger partial charge is 0.394 e. The van der Waals surface area contributed by atoms with Crippen LogP contribution in [0.15, 0.2) is 6.20 Å². The van der Waals surface area contributed by atoms with Gasteiger partial charge in [0.25, 0.3) is 0 Å². The van der Waals surface area contributed by atoms with Gasteiger partial charge >= 0.3 is 0 Å². The molecule has 1 heterocycles. The summed E-state index contributed by atoms with van der Waals surface area (Å²) in [4.78, 5) is 7.83. The molecule has 1 aromatic rings. The first-order chi connectivity index (χ1) is 6.49. The number of rotatable bonds is 2. The van der Waals surface area contributed by atoms with Crippen LogP contribution in [0.4, 0.5) is 11.5 Å². The second-order valence-corrected chi connectivity index (χ2v) is 4.67. The van der Waals surface area contributed by atoms with Crippen molar-refractivity contribution in [2.45, 2.75) is 26.3 Å². The zero-order valence-electron chi connectivity index (χ0n) is 8.21.